The van der Waals surface area contributed by atoms with E-state index >= 15 is 0 Å². The molecule has 0 radical (unpaired) electrons. The molecule has 0 amide bonds. The second-order valence-electron chi connectivity index (χ2n) is 4.67. The maximum absolute atomic E-state index is 12.1. The fourth-order valence-electron chi connectivity index (χ4n) is 1.91. The molecule has 0 fully saturated rings. The van der Waals surface area contributed by atoms with Crippen LogP contribution in [0.2, 0.25) is 0 Å². The lowest BCUT2D eigenvalue weighted by Crippen LogP contribution is -2.19. The van der Waals surface area contributed by atoms with Crippen molar-refractivity contribution in [3.05, 3.63) is 50.8 Å². The van der Waals surface area contributed by atoms with Gasteiger partial charge in [-0.05, 0) is 39.8 Å². The molecule has 0 saturated heterocycles. The number of carbonyl (C=O) groups excluding carboxylic acids is 1. The second-order valence-corrected chi connectivity index (χ2v) is 5.85. The molecule has 0 aliphatic heterocycles. The standard InChI is InChI=1S/C16H18N2O2S/c1-5-20-16(19)14-11(3)17-12(4)21-15(14)18-13-8-6-10(2)7-9-13/h6-9H,5H2,1-4H3. The molecule has 0 unspecified atom stereocenters. The minimum absolute atomic E-state index is 0.334. The van der Waals surface area contributed by atoms with E-state index in [1.165, 1.54) is 16.9 Å². The molecule has 0 spiro atoms. The van der Waals surface area contributed by atoms with Crippen LogP contribution in [0.25, 0.3) is 0 Å². The molecule has 2 rings (SSSR count). The quantitative estimate of drug-likeness (QED) is 0.816. The van der Waals surface area contributed by atoms with Gasteiger partial charge in [0.05, 0.1) is 23.0 Å². The average Bonchev–Trinajstić information content (AvgIpc) is 2.41. The molecule has 0 N–H and O–H groups in total. The highest BCUT2D eigenvalue weighted by atomic mass is 32.1. The first kappa shape index (κ1) is 15.4. The summed E-state index contributed by atoms with van der Waals surface area (Å²) in [4.78, 5) is 21.1. The van der Waals surface area contributed by atoms with Crippen LogP contribution in [0.1, 0.15) is 33.5 Å². The molecular formula is C16H18N2O2S. The molecule has 0 saturated carbocycles. The summed E-state index contributed by atoms with van der Waals surface area (Å²) < 4.78 is 5.75. The second kappa shape index (κ2) is 6.63. The third-order valence-corrected chi connectivity index (χ3v) is 3.76. The van der Waals surface area contributed by atoms with Crippen LogP contribution >= 0.6 is 11.3 Å². The molecule has 1 aromatic carbocycles. The van der Waals surface area contributed by atoms with Crippen molar-refractivity contribution < 1.29 is 9.53 Å². The zero-order valence-corrected chi connectivity index (χ0v) is 13.5. The summed E-state index contributed by atoms with van der Waals surface area (Å²) in [5.41, 5.74) is 3.08. The van der Waals surface area contributed by atoms with E-state index in [2.05, 4.69) is 9.98 Å². The smallest absolute Gasteiger partial charge is 0.343 e. The molecule has 0 aliphatic carbocycles. The Labute approximate surface area is 128 Å². The summed E-state index contributed by atoms with van der Waals surface area (Å²) in [7, 11) is 0. The van der Waals surface area contributed by atoms with Gasteiger partial charge in [0, 0.05) is 0 Å². The largest absolute Gasteiger partial charge is 0.462 e. The van der Waals surface area contributed by atoms with Gasteiger partial charge in [0.25, 0.3) is 0 Å². The maximum atomic E-state index is 12.1. The van der Waals surface area contributed by atoms with Gasteiger partial charge in [-0.25, -0.2) is 14.8 Å². The Bertz CT molecular complexity index is 718. The van der Waals surface area contributed by atoms with Crippen LogP contribution < -0.4 is 4.67 Å². The van der Waals surface area contributed by atoms with Crippen molar-refractivity contribution in [1.82, 2.24) is 4.98 Å². The van der Waals surface area contributed by atoms with Crippen LogP contribution in [0.5, 0.6) is 0 Å². The fourth-order valence-corrected chi connectivity index (χ4v) is 2.86. The number of carbonyl (C=O) groups is 1. The van der Waals surface area contributed by atoms with E-state index < -0.39 is 0 Å². The van der Waals surface area contributed by atoms with Gasteiger partial charge in [0.1, 0.15) is 10.2 Å². The van der Waals surface area contributed by atoms with E-state index in [9.17, 15) is 4.79 Å². The van der Waals surface area contributed by atoms with Crippen LogP contribution in [0.15, 0.2) is 29.3 Å². The lowest BCUT2D eigenvalue weighted by molar-refractivity contribution is 0.0523. The van der Waals surface area contributed by atoms with Gasteiger partial charge in [-0.1, -0.05) is 17.7 Å². The van der Waals surface area contributed by atoms with Crippen molar-refractivity contribution in [2.45, 2.75) is 27.7 Å². The first-order valence-corrected chi connectivity index (χ1v) is 7.59. The summed E-state index contributed by atoms with van der Waals surface area (Å²) in [5.74, 6) is -0.371. The molecular weight excluding hydrogens is 284 g/mol. The Balaban J connectivity index is 2.60. The Morgan fingerprint density at radius 2 is 1.90 bits per heavy atom. The molecule has 1 aromatic heterocycles. The third-order valence-electron chi connectivity index (χ3n) is 2.89. The first-order valence-electron chi connectivity index (χ1n) is 6.78. The van der Waals surface area contributed by atoms with E-state index in [1.807, 2.05) is 38.1 Å². The normalized spacial score (nSPS) is 11.5. The van der Waals surface area contributed by atoms with Gasteiger partial charge in [0.2, 0.25) is 0 Å². The van der Waals surface area contributed by atoms with E-state index in [0.29, 0.717) is 22.5 Å². The summed E-state index contributed by atoms with van der Waals surface area (Å²) in [6, 6.07) is 7.85. The fraction of sp³-hybridized carbons (Fsp3) is 0.312. The van der Waals surface area contributed by atoms with Crippen molar-refractivity contribution in [2.24, 2.45) is 4.99 Å². The Morgan fingerprint density at radius 3 is 2.52 bits per heavy atom. The van der Waals surface area contributed by atoms with E-state index in [4.69, 9.17) is 4.74 Å². The molecule has 0 bridgehead atoms. The van der Waals surface area contributed by atoms with Gasteiger partial charge >= 0.3 is 5.97 Å². The third kappa shape index (κ3) is 3.76. The molecule has 21 heavy (non-hydrogen) atoms. The Kier molecular flexibility index (Phi) is 4.85. The number of benzene rings is 1. The lowest BCUT2D eigenvalue weighted by atomic mass is 10.2. The van der Waals surface area contributed by atoms with Crippen LogP contribution in [0, 0.1) is 20.8 Å². The maximum Gasteiger partial charge on any atom is 0.343 e. The molecule has 0 aliphatic rings. The molecule has 4 nitrogen and oxygen atoms in total. The minimum Gasteiger partial charge on any atom is -0.462 e. The van der Waals surface area contributed by atoms with Gasteiger partial charge in [-0.2, -0.15) is 0 Å². The van der Waals surface area contributed by atoms with Crippen molar-refractivity contribution in [3.8, 4) is 0 Å². The number of ether oxygens (including phenoxy) is 1. The number of nitrogens with zero attached hydrogens (tertiary/aromatic N) is 2. The highest BCUT2D eigenvalue weighted by molar-refractivity contribution is 7.09. The predicted molar refractivity (Wildman–Crippen MR) is 83.9 cm³/mol. The Hall–Kier alpha value is -2.01. The highest BCUT2D eigenvalue weighted by Crippen LogP contribution is 2.14. The number of aryl methyl sites for hydroxylation is 3. The van der Waals surface area contributed by atoms with Crippen LogP contribution in [-0.2, 0) is 4.74 Å². The predicted octanol–water partition coefficient (Wildman–Crippen LogP) is 3.48. The highest BCUT2D eigenvalue weighted by Gasteiger charge is 2.15. The summed E-state index contributed by atoms with van der Waals surface area (Å²) in [6.07, 6.45) is 0. The summed E-state index contributed by atoms with van der Waals surface area (Å²) >= 11 is 1.39. The zero-order chi connectivity index (χ0) is 15.4. The van der Waals surface area contributed by atoms with Gasteiger partial charge in [-0.3, -0.25) is 0 Å². The molecule has 2 aromatic rings. The van der Waals surface area contributed by atoms with E-state index in [1.54, 1.807) is 13.8 Å². The van der Waals surface area contributed by atoms with Gasteiger partial charge in [-0.15, -0.1) is 11.3 Å². The molecule has 1 heterocycles. The number of rotatable bonds is 3. The minimum atomic E-state index is -0.371. The topological polar surface area (TPSA) is 51.5 Å². The number of esters is 1. The number of hydrogen-bond acceptors (Lipinski definition) is 5. The number of aromatic nitrogens is 1. The summed E-state index contributed by atoms with van der Waals surface area (Å²) in [5, 5.41) is 0.867. The van der Waals surface area contributed by atoms with Gasteiger partial charge < -0.3 is 4.74 Å². The Morgan fingerprint density at radius 1 is 1.24 bits per heavy atom. The van der Waals surface area contributed by atoms with Crippen LogP contribution in [0.4, 0.5) is 5.69 Å². The zero-order valence-electron chi connectivity index (χ0n) is 12.6. The molecule has 110 valence electrons. The van der Waals surface area contributed by atoms with E-state index in [-0.39, 0.29) is 5.97 Å². The van der Waals surface area contributed by atoms with Crippen LogP contribution in [-0.4, -0.2) is 17.6 Å². The lowest BCUT2D eigenvalue weighted by Gasteiger charge is -2.06. The molecule has 5 heteroatoms. The molecule has 0 atom stereocenters. The van der Waals surface area contributed by atoms with Crippen molar-refractivity contribution in [3.63, 3.8) is 0 Å². The first-order chi connectivity index (χ1) is 10.0. The van der Waals surface area contributed by atoms with Crippen LogP contribution in [0.3, 0.4) is 0 Å². The van der Waals surface area contributed by atoms with Crippen molar-refractivity contribution in [2.75, 3.05) is 6.61 Å². The summed E-state index contributed by atoms with van der Waals surface area (Å²) in [6.45, 7) is 7.86. The monoisotopic (exact) mass is 302 g/mol. The SMILES string of the molecule is CCOC(=O)c1c(C)nc(C)sc1=Nc1ccc(C)cc1. The van der Waals surface area contributed by atoms with Gasteiger partial charge in [0.15, 0.2) is 0 Å². The van der Waals surface area contributed by atoms with E-state index in [0.717, 1.165) is 10.7 Å². The van der Waals surface area contributed by atoms with Crippen molar-refractivity contribution in [1.29, 1.82) is 0 Å². The average molecular weight is 302 g/mol. The van der Waals surface area contributed by atoms with Crippen molar-refractivity contribution >= 4 is 23.0 Å². The number of hydrogen-bond donors (Lipinski definition) is 0.